The maximum Gasteiger partial charge on any atom is 0.223 e. The summed E-state index contributed by atoms with van der Waals surface area (Å²) in [6.07, 6.45) is 5.39. The van der Waals surface area contributed by atoms with Crippen LogP contribution in [0.5, 0.6) is 0 Å². The molecule has 8 heteroatoms. The number of hydrogen-bond acceptors (Lipinski definition) is 4. The van der Waals surface area contributed by atoms with Gasteiger partial charge in [0.1, 0.15) is 11.6 Å². The monoisotopic (exact) mass is 535 g/mol. The molecule has 2 aromatic rings. The maximum absolute atomic E-state index is 14.1. The molecule has 37 heavy (non-hydrogen) atoms. The highest BCUT2D eigenvalue weighted by Crippen LogP contribution is 2.43. The Morgan fingerprint density at radius 1 is 1.14 bits per heavy atom. The molecule has 1 aromatic carbocycles. The van der Waals surface area contributed by atoms with E-state index < -0.39 is 24.7 Å². The zero-order chi connectivity index (χ0) is 31.2. The minimum atomic E-state index is -2.74. The van der Waals surface area contributed by atoms with Crippen LogP contribution in [0.1, 0.15) is 115 Å². The van der Waals surface area contributed by atoms with Crippen molar-refractivity contribution in [2.75, 3.05) is 6.54 Å². The first kappa shape index (κ1) is 20.0. The van der Waals surface area contributed by atoms with E-state index in [9.17, 15) is 9.18 Å². The number of carbonyl (C=O) groups excluding carboxylic acids is 1. The molecule has 1 amide bonds. The lowest BCUT2D eigenvalue weighted by Gasteiger charge is -2.40. The smallest absolute Gasteiger partial charge is 0.223 e. The number of aryl methyl sites for hydroxylation is 1. The van der Waals surface area contributed by atoms with Crippen LogP contribution in [0.4, 0.5) is 4.39 Å². The first-order valence-corrected chi connectivity index (χ1v) is 13.9. The Bertz CT molecular complexity index is 1230. The highest BCUT2D eigenvalue weighted by Gasteiger charge is 2.42. The lowest BCUT2D eigenvalue weighted by molar-refractivity contribution is -0.127. The van der Waals surface area contributed by atoms with E-state index in [1.165, 1.54) is 0 Å². The second kappa shape index (κ2) is 11.0. The third kappa shape index (κ3) is 5.88. The van der Waals surface area contributed by atoms with E-state index in [0.29, 0.717) is 25.1 Å². The van der Waals surface area contributed by atoms with Gasteiger partial charge in [-0.05, 0) is 70.3 Å². The average molecular weight is 536 g/mol. The molecule has 0 radical (unpaired) electrons. The lowest BCUT2D eigenvalue weighted by atomic mass is 9.86. The number of carbonyl (C=O) groups is 1. The highest BCUT2D eigenvalue weighted by atomic mass is 35.5. The van der Waals surface area contributed by atoms with E-state index in [4.69, 9.17) is 19.8 Å². The van der Waals surface area contributed by atoms with Crippen LogP contribution in [0.2, 0.25) is 0 Å². The van der Waals surface area contributed by atoms with Crippen molar-refractivity contribution in [3.63, 3.8) is 0 Å². The number of rotatable bonds is 8. The molecule has 5 rings (SSSR count). The van der Waals surface area contributed by atoms with Gasteiger partial charge in [-0.2, -0.15) is 0 Å². The van der Waals surface area contributed by atoms with Gasteiger partial charge in [0, 0.05) is 44.7 Å². The maximum atomic E-state index is 14.1. The number of nitrogens with zero attached hydrogens (tertiary/aromatic N) is 4. The van der Waals surface area contributed by atoms with E-state index in [1.54, 1.807) is 11.5 Å². The molecule has 202 valence electrons. The number of alkyl halides is 2. The van der Waals surface area contributed by atoms with Crippen molar-refractivity contribution in [2.24, 2.45) is 5.92 Å². The van der Waals surface area contributed by atoms with Gasteiger partial charge in [-0.25, -0.2) is 4.39 Å². The number of benzene rings is 1. The molecule has 6 nitrogen and oxygen atoms in total. The van der Waals surface area contributed by atoms with Crippen molar-refractivity contribution in [3.05, 3.63) is 47.5 Å². The van der Waals surface area contributed by atoms with Crippen molar-refractivity contribution in [2.45, 2.75) is 114 Å². The van der Waals surface area contributed by atoms with Gasteiger partial charge in [0.25, 0.3) is 0 Å². The largest absolute Gasteiger partial charge is 0.349 e. The van der Waals surface area contributed by atoms with Crippen molar-refractivity contribution in [3.8, 4) is 0 Å². The molecule has 0 spiro atoms. The highest BCUT2D eigenvalue weighted by molar-refractivity contribution is 6.22. The number of hydrogen-bond donors (Lipinski definition) is 1. The second-order valence-corrected chi connectivity index (χ2v) is 11.7. The summed E-state index contributed by atoms with van der Waals surface area (Å²) in [5, 5.41) is 9.75. The minimum absolute atomic E-state index is 0.0177. The summed E-state index contributed by atoms with van der Waals surface area (Å²) in [6.45, 7) is -2.96. The SMILES string of the molecule is [2H]C([2H])([2H])C(c1nnc(C)n1C1C[C@H]2CC[C@@H](C1)N2CC[C@H](NC(=O)C1CCC(F)(Cl)CC1)c1ccccc1)C([2H])([2H])[2H]. The van der Waals surface area contributed by atoms with E-state index >= 15 is 0 Å². The average Bonchev–Trinajstić information content (AvgIpc) is 3.39. The number of aromatic nitrogens is 3. The molecule has 3 heterocycles. The fourth-order valence-electron chi connectivity index (χ4n) is 6.73. The Morgan fingerprint density at radius 2 is 1.81 bits per heavy atom. The Morgan fingerprint density at radius 3 is 2.46 bits per heavy atom. The van der Waals surface area contributed by atoms with E-state index in [-0.39, 0.29) is 54.7 Å². The molecule has 2 aliphatic heterocycles. The first-order valence-electron chi connectivity index (χ1n) is 16.5. The molecule has 1 N–H and O–H groups in total. The fraction of sp³-hybridized carbons (Fsp3) is 0.690. The molecule has 1 saturated carbocycles. The van der Waals surface area contributed by atoms with E-state index in [2.05, 4.69) is 20.4 Å². The Kier molecular flexibility index (Phi) is 5.95. The van der Waals surface area contributed by atoms with E-state index in [1.807, 2.05) is 30.3 Å². The molecule has 1 aliphatic carbocycles. The molecular formula is C29H41ClFN5O. The molecule has 1 aromatic heterocycles. The summed E-state index contributed by atoms with van der Waals surface area (Å²) >= 11 is 5.87. The predicted octanol–water partition coefficient (Wildman–Crippen LogP) is 6.22. The van der Waals surface area contributed by atoms with Crippen molar-refractivity contribution >= 4 is 17.5 Å². The predicted molar refractivity (Wildman–Crippen MR) is 144 cm³/mol. The van der Waals surface area contributed by atoms with Crippen LogP contribution in [0, 0.1) is 12.8 Å². The van der Waals surface area contributed by atoms with Crippen molar-refractivity contribution < 1.29 is 17.4 Å². The lowest BCUT2D eigenvalue weighted by Crippen LogP contribution is -2.45. The van der Waals surface area contributed by atoms with Gasteiger partial charge in [-0.3, -0.25) is 9.69 Å². The number of halogens is 2. The number of nitrogens with one attached hydrogen (secondary N) is 1. The summed E-state index contributed by atoms with van der Waals surface area (Å²) in [4.78, 5) is 15.7. The molecule has 2 bridgehead atoms. The first-order chi connectivity index (χ1) is 20.1. The summed E-state index contributed by atoms with van der Waals surface area (Å²) in [5.74, 6) is -1.47. The van der Waals surface area contributed by atoms with Crippen LogP contribution >= 0.6 is 11.6 Å². The standard InChI is InChI=1S/C29H41ClFN5O/c1-19(2)27-34-33-20(3)36(27)25-17-23-9-10-24(18-25)35(23)16-13-26(21-7-5-4-6-8-21)32-28(37)22-11-14-29(30,31)15-12-22/h4-8,19,22-26H,9-18H2,1-3H3,(H,32,37)/t22?,23-,24+,25?,26-,29?/m0/s1/i1D3,2D3. The normalized spacial score (nSPS) is 34.1. The van der Waals surface area contributed by atoms with Gasteiger partial charge in [-0.15, -0.1) is 10.2 Å². The van der Waals surface area contributed by atoms with Gasteiger partial charge < -0.3 is 9.88 Å². The Balaban J connectivity index is 1.28. The Hall–Kier alpha value is -1.99. The van der Waals surface area contributed by atoms with Crippen LogP contribution in [0.15, 0.2) is 30.3 Å². The molecular weight excluding hydrogens is 489 g/mol. The number of fused-ring (bicyclic) bond motifs is 2. The Labute approximate surface area is 233 Å². The fourth-order valence-corrected chi connectivity index (χ4v) is 6.95. The van der Waals surface area contributed by atoms with Crippen molar-refractivity contribution in [1.82, 2.24) is 25.0 Å². The molecule has 3 fully saturated rings. The van der Waals surface area contributed by atoms with Gasteiger partial charge >= 0.3 is 0 Å². The summed E-state index contributed by atoms with van der Waals surface area (Å²) in [5.41, 5.74) is 1.02. The molecule has 1 unspecified atom stereocenters. The van der Waals surface area contributed by atoms with Crippen LogP contribution < -0.4 is 5.32 Å². The van der Waals surface area contributed by atoms with Gasteiger partial charge in [0.2, 0.25) is 5.91 Å². The van der Waals surface area contributed by atoms with Gasteiger partial charge in [0.05, 0.1) is 6.04 Å². The van der Waals surface area contributed by atoms with Crippen LogP contribution in [0.3, 0.4) is 0 Å². The summed E-state index contributed by atoms with van der Waals surface area (Å²) < 4.78 is 63.6. The molecule has 4 atom stereocenters. The third-order valence-corrected chi connectivity index (χ3v) is 9.04. The zero-order valence-corrected chi connectivity index (χ0v) is 22.1. The zero-order valence-electron chi connectivity index (χ0n) is 27.4. The third-order valence-electron chi connectivity index (χ3n) is 8.66. The summed E-state index contributed by atoms with van der Waals surface area (Å²) in [7, 11) is 0. The van der Waals surface area contributed by atoms with Crippen LogP contribution in [-0.4, -0.2) is 49.3 Å². The topological polar surface area (TPSA) is 63.1 Å². The van der Waals surface area contributed by atoms with Crippen LogP contribution in [0.25, 0.3) is 0 Å². The second-order valence-electron chi connectivity index (χ2n) is 11.0. The molecule has 2 saturated heterocycles. The van der Waals surface area contributed by atoms with Crippen LogP contribution in [-0.2, 0) is 4.79 Å². The van der Waals surface area contributed by atoms with Gasteiger partial charge in [0.15, 0.2) is 5.13 Å². The minimum Gasteiger partial charge on any atom is -0.349 e. The summed E-state index contributed by atoms with van der Waals surface area (Å²) in [6, 6.07) is 10.1. The number of piperidine rings is 1. The quantitative estimate of drug-likeness (QED) is 0.407. The number of amides is 1. The van der Waals surface area contributed by atoms with Gasteiger partial charge in [-0.1, -0.05) is 55.6 Å². The van der Waals surface area contributed by atoms with E-state index in [0.717, 1.165) is 37.8 Å². The molecule has 3 aliphatic rings. The van der Waals surface area contributed by atoms with Crippen molar-refractivity contribution in [1.29, 1.82) is 0 Å².